The Hall–Kier alpha value is -2.40. The fourth-order valence-corrected chi connectivity index (χ4v) is 3.60. The van der Waals surface area contributed by atoms with E-state index >= 15 is 0 Å². The Bertz CT molecular complexity index is 760. The summed E-state index contributed by atoms with van der Waals surface area (Å²) in [6, 6.07) is 18.5. The number of nitrogens with zero attached hydrogens (tertiary/aromatic N) is 2. The van der Waals surface area contributed by atoms with Crippen molar-refractivity contribution in [3.8, 4) is 5.75 Å². The number of rotatable bonds is 13. The molecule has 4 nitrogen and oxygen atoms in total. The van der Waals surface area contributed by atoms with Crippen LogP contribution in [0.15, 0.2) is 78.2 Å². The van der Waals surface area contributed by atoms with Crippen molar-refractivity contribution in [2.24, 2.45) is 0 Å². The molecule has 0 aliphatic heterocycles. The number of hydrogen-bond donors (Lipinski definition) is 1. The van der Waals surface area contributed by atoms with Crippen LogP contribution in [0.25, 0.3) is 0 Å². The van der Waals surface area contributed by atoms with Gasteiger partial charge >= 0.3 is 0 Å². The first-order valence-corrected chi connectivity index (χ1v) is 10.9. The summed E-state index contributed by atoms with van der Waals surface area (Å²) in [4.78, 5) is 5.27. The fraction of sp³-hybridized carbons (Fsp3) is 0.348. The molecule has 0 saturated carbocycles. The number of nitrogens with one attached hydrogen (secondary N) is 1. The summed E-state index contributed by atoms with van der Waals surface area (Å²) in [5.41, 5.74) is 1.08. The lowest BCUT2D eigenvalue weighted by Crippen LogP contribution is -1.98. The van der Waals surface area contributed by atoms with Crippen LogP contribution < -0.4 is 9.46 Å². The predicted molar refractivity (Wildman–Crippen MR) is 118 cm³/mol. The maximum absolute atomic E-state index is 5.86. The Morgan fingerprint density at radius 1 is 0.857 bits per heavy atom. The minimum Gasteiger partial charge on any atom is -0.494 e. The molecule has 0 aliphatic carbocycles. The summed E-state index contributed by atoms with van der Waals surface area (Å²) in [6.45, 7) is 1.87. The van der Waals surface area contributed by atoms with Crippen molar-refractivity contribution in [3.05, 3.63) is 73.3 Å². The Kier molecular flexibility index (Phi) is 8.81. The van der Waals surface area contributed by atoms with Crippen molar-refractivity contribution in [1.82, 2.24) is 9.55 Å². The minimum atomic E-state index is 0.792. The van der Waals surface area contributed by atoms with E-state index in [-0.39, 0.29) is 0 Å². The number of unbranched alkanes of at least 4 members (excludes halogenated alkanes) is 5. The molecule has 0 atom stereocenters. The molecule has 0 fully saturated rings. The summed E-state index contributed by atoms with van der Waals surface area (Å²) in [5, 5.41) is 0. The molecular weight excluding hydrogens is 366 g/mol. The third-order valence-electron chi connectivity index (χ3n) is 4.52. The molecule has 148 valence electrons. The number of anilines is 1. The Balaban J connectivity index is 1.20. The largest absolute Gasteiger partial charge is 0.494 e. The van der Waals surface area contributed by atoms with Crippen molar-refractivity contribution >= 4 is 17.6 Å². The van der Waals surface area contributed by atoms with Crippen LogP contribution in [0.4, 0.5) is 5.69 Å². The molecule has 0 spiro atoms. The van der Waals surface area contributed by atoms with E-state index in [9.17, 15) is 0 Å². The van der Waals surface area contributed by atoms with Crippen LogP contribution in [-0.4, -0.2) is 16.2 Å². The second-order valence-corrected chi connectivity index (χ2v) is 7.69. The Morgan fingerprint density at radius 2 is 1.61 bits per heavy atom. The summed E-state index contributed by atoms with van der Waals surface area (Å²) in [6.07, 6.45) is 13.2. The summed E-state index contributed by atoms with van der Waals surface area (Å²) in [5.74, 6) is 0.940. The quantitative estimate of drug-likeness (QED) is 0.268. The van der Waals surface area contributed by atoms with E-state index in [1.165, 1.54) is 37.0 Å². The Morgan fingerprint density at radius 3 is 2.36 bits per heavy atom. The lowest BCUT2D eigenvalue weighted by atomic mass is 10.1. The number of hydrogen-bond acceptors (Lipinski definition) is 4. The molecule has 3 rings (SSSR count). The first-order chi connectivity index (χ1) is 13.9. The van der Waals surface area contributed by atoms with Crippen LogP contribution in [0, 0.1) is 0 Å². The van der Waals surface area contributed by atoms with Gasteiger partial charge in [-0.3, -0.25) is 0 Å². The molecule has 0 saturated heterocycles. The highest BCUT2D eigenvalue weighted by molar-refractivity contribution is 8.00. The van der Waals surface area contributed by atoms with Gasteiger partial charge in [0.15, 0.2) is 0 Å². The fourth-order valence-electron chi connectivity index (χ4n) is 2.94. The van der Waals surface area contributed by atoms with Crippen LogP contribution in [0.5, 0.6) is 5.75 Å². The molecule has 1 heterocycles. The molecule has 28 heavy (non-hydrogen) atoms. The lowest BCUT2D eigenvalue weighted by molar-refractivity contribution is 0.304. The summed E-state index contributed by atoms with van der Waals surface area (Å²) in [7, 11) is 0. The molecule has 0 radical (unpaired) electrons. The van der Waals surface area contributed by atoms with Gasteiger partial charge in [-0.05, 0) is 61.2 Å². The normalized spacial score (nSPS) is 10.7. The van der Waals surface area contributed by atoms with Crippen molar-refractivity contribution in [2.75, 3.05) is 11.3 Å². The van der Waals surface area contributed by atoms with Gasteiger partial charge in [0, 0.05) is 29.5 Å². The van der Waals surface area contributed by atoms with Gasteiger partial charge in [-0.2, -0.15) is 0 Å². The van der Waals surface area contributed by atoms with Gasteiger partial charge in [0.2, 0.25) is 0 Å². The SMILES string of the molecule is c1ccc(SNc2ccc(OCCCCCCCCn3ccnc3)cc2)cc1. The zero-order valence-corrected chi connectivity index (χ0v) is 17.1. The van der Waals surface area contributed by atoms with E-state index in [0.717, 1.165) is 31.0 Å². The molecule has 0 amide bonds. The topological polar surface area (TPSA) is 39.1 Å². The minimum absolute atomic E-state index is 0.792. The van der Waals surface area contributed by atoms with E-state index in [2.05, 4.69) is 38.5 Å². The van der Waals surface area contributed by atoms with Crippen molar-refractivity contribution in [3.63, 3.8) is 0 Å². The third-order valence-corrected chi connectivity index (χ3v) is 5.37. The van der Waals surface area contributed by atoms with Gasteiger partial charge in [0.05, 0.1) is 12.9 Å². The van der Waals surface area contributed by atoms with Crippen LogP contribution in [0.2, 0.25) is 0 Å². The summed E-state index contributed by atoms with van der Waals surface area (Å²) < 4.78 is 11.4. The van der Waals surface area contributed by atoms with Gasteiger partial charge in [0.1, 0.15) is 5.75 Å². The zero-order chi connectivity index (χ0) is 19.3. The average molecular weight is 396 g/mol. The van der Waals surface area contributed by atoms with Crippen LogP contribution >= 0.6 is 11.9 Å². The van der Waals surface area contributed by atoms with Gasteiger partial charge in [-0.1, -0.05) is 43.9 Å². The van der Waals surface area contributed by atoms with Crippen LogP contribution in [0.1, 0.15) is 38.5 Å². The van der Waals surface area contributed by atoms with Gasteiger partial charge in [-0.15, -0.1) is 0 Å². The summed E-state index contributed by atoms with van der Waals surface area (Å²) >= 11 is 1.62. The van der Waals surface area contributed by atoms with Gasteiger partial charge in [0.25, 0.3) is 0 Å². The molecule has 1 aromatic heterocycles. The molecule has 1 N–H and O–H groups in total. The van der Waals surface area contributed by atoms with Gasteiger partial charge in [-0.25, -0.2) is 4.98 Å². The van der Waals surface area contributed by atoms with Crippen LogP contribution in [0.3, 0.4) is 0 Å². The second-order valence-electron chi connectivity index (χ2n) is 6.81. The highest BCUT2D eigenvalue weighted by Gasteiger charge is 1.98. The standard InChI is InChI=1S/C23H29N3OS/c1(3-8-17-26-18-16-24-20-26)2-4-9-19-27-22-14-12-21(13-15-22)25-28-23-10-6-5-7-11-23/h5-7,10-16,18,20,25H,1-4,8-9,17,19H2. The number of aryl methyl sites for hydroxylation is 1. The number of ether oxygens (including phenoxy) is 1. The van der Waals surface area contributed by atoms with E-state index in [0.29, 0.717) is 0 Å². The van der Waals surface area contributed by atoms with E-state index < -0.39 is 0 Å². The van der Waals surface area contributed by atoms with E-state index in [1.54, 1.807) is 11.9 Å². The molecule has 5 heteroatoms. The first kappa shape index (κ1) is 20.3. The molecule has 2 aromatic carbocycles. The smallest absolute Gasteiger partial charge is 0.119 e. The number of imidazole rings is 1. The zero-order valence-electron chi connectivity index (χ0n) is 16.3. The molecule has 0 unspecified atom stereocenters. The number of aromatic nitrogens is 2. The third kappa shape index (κ3) is 7.69. The molecule has 0 bridgehead atoms. The van der Waals surface area contributed by atoms with E-state index in [1.807, 2.05) is 49.1 Å². The molecule has 0 aliphatic rings. The predicted octanol–water partition coefficient (Wildman–Crippen LogP) is 6.42. The van der Waals surface area contributed by atoms with Crippen molar-refractivity contribution < 1.29 is 4.74 Å². The highest BCUT2D eigenvalue weighted by atomic mass is 32.2. The lowest BCUT2D eigenvalue weighted by Gasteiger charge is -2.09. The van der Waals surface area contributed by atoms with Crippen molar-refractivity contribution in [2.45, 2.75) is 50.0 Å². The highest BCUT2D eigenvalue weighted by Crippen LogP contribution is 2.23. The maximum Gasteiger partial charge on any atom is 0.119 e. The monoisotopic (exact) mass is 395 g/mol. The average Bonchev–Trinajstić information content (AvgIpc) is 3.26. The maximum atomic E-state index is 5.86. The molecule has 3 aromatic rings. The molecular formula is C23H29N3OS. The van der Waals surface area contributed by atoms with Crippen LogP contribution in [-0.2, 0) is 6.54 Å². The second kappa shape index (κ2) is 12.1. The van der Waals surface area contributed by atoms with Gasteiger partial charge < -0.3 is 14.0 Å². The van der Waals surface area contributed by atoms with Crippen molar-refractivity contribution in [1.29, 1.82) is 0 Å². The number of benzene rings is 2. The Labute approximate surface area is 172 Å². The van der Waals surface area contributed by atoms with E-state index in [4.69, 9.17) is 4.74 Å². The first-order valence-electron chi connectivity index (χ1n) is 10.1.